The molecule has 158 valence electrons. The molecule has 2 saturated heterocycles. The van der Waals surface area contributed by atoms with Gasteiger partial charge in [-0.1, -0.05) is 30.3 Å². The van der Waals surface area contributed by atoms with Crippen molar-refractivity contribution < 1.29 is 29.3 Å². The average Bonchev–Trinajstić information content (AvgIpc) is 3.17. The lowest BCUT2D eigenvalue weighted by Gasteiger charge is -2.40. The van der Waals surface area contributed by atoms with Crippen LogP contribution in [0.15, 0.2) is 30.3 Å². The first-order chi connectivity index (χ1) is 13.9. The van der Waals surface area contributed by atoms with Crippen LogP contribution in [0.2, 0.25) is 0 Å². The third kappa shape index (κ3) is 5.13. The fourth-order valence-corrected chi connectivity index (χ4v) is 4.23. The van der Waals surface area contributed by atoms with Crippen molar-refractivity contribution in [3.8, 4) is 0 Å². The molecule has 0 aromatic heterocycles. The molecular weight excluding hydrogens is 376 g/mol. The maximum absolute atomic E-state index is 13.0. The highest BCUT2D eigenvalue weighted by molar-refractivity contribution is 5.87. The molecule has 0 spiro atoms. The second-order valence-corrected chi connectivity index (χ2v) is 7.94. The first-order valence-electron chi connectivity index (χ1n) is 10.0. The summed E-state index contributed by atoms with van der Waals surface area (Å²) in [5.74, 6) is -2.15. The molecule has 2 fully saturated rings. The van der Waals surface area contributed by atoms with E-state index in [0.29, 0.717) is 39.0 Å². The molecule has 2 aliphatic heterocycles. The van der Waals surface area contributed by atoms with Gasteiger partial charge in [0.25, 0.3) is 0 Å². The van der Waals surface area contributed by atoms with Crippen LogP contribution in [0.3, 0.4) is 0 Å². The van der Waals surface area contributed by atoms with E-state index in [2.05, 4.69) is 5.32 Å². The molecular formula is C21H28N2O6. The minimum absolute atomic E-state index is 0.134. The number of aliphatic carboxylic acids is 2. The molecule has 3 N–H and O–H groups in total. The largest absolute Gasteiger partial charge is 0.480 e. The van der Waals surface area contributed by atoms with Crippen LogP contribution in [0, 0.1) is 11.8 Å². The number of hydrogen-bond acceptors (Lipinski definition) is 5. The molecule has 1 aromatic rings. The van der Waals surface area contributed by atoms with Crippen LogP contribution in [-0.4, -0.2) is 70.8 Å². The van der Waals surface area contributed by atoms with Gasteiger partial charge in [0.15, 0.2) is 0 Å². The molecule has 0 radical (unpaired) electrons. The Kier molecular flexibility index (Phi) is 6.87. The van der Waals surface area contributed by atoms with Gasteiger partial charge in [-0.3, -0.25) is 14.9 Å². The third-order valence-corrected chi connectivity index (χ3v) is 5.92. The average molecular weight is 404 g/mol. The molecule has 0 saturated carbocycles. The number of carboxylic acids is 2. The molecule has 0 bridgehead atoms. The SMILES string of the molecule is C[C@H](NC(CCc1ccccc1)C(=O)O)C(=O)N1CC2COCC2CC1C(=O)O. The number of carbonyl (C=O) groups excluding carboxylic acids is 1. The summed E-state index contributed by atoms with van der Waals surface area (Å²) < 4.78 is 5.45. The Morgan fingerprint density at radius 3 is 2.52 bits per heavy atom. The standard InChI is InChI=1S/C21H28N2O6/c1-13(22-17(20(25)26)8-7-14-5-3-2-4-6-14)19(24)23-10-16-12-29-11-15(16)9-18(23)21(27)28/h2-6,13,15-18,22H,7-12H2,1H3,(H,25,26)(H,27,28)/t13-,15?,16?,17?,18?/m0/s1. The number of likely N-dealkylation sites (tertiary alicyclic amines) is 1. The van der Waals surface area contributed by atoms with E-state index < -0.39 is 30.1 Å². The van der Waals surface area contributed by atoms with E-state index in [1.54, 1.807) is 6.92 Å². The maximum atomic E-state index is 13.0. The maximum Gasteiger partial charge on any atom is 0.326 e. The van der Waals surface area contributed by atoms with E-state index in [1.807, 2.05) is 30.3 Å². The van der Waals surface area contributed by atoms with Crippen LogP contribution in [0.5, 0.6) is 0 Å². The Morgan fingerprint density at radius 1 is 1.17 bits per heavy atom. The van der Waals surface area contributed by atoms with Gasteiger partial charge in [-0.05, 0) is 37.7 Å². The number of ether oxygens (including phenoxy) is 1. The third-order valence-electron chi connectivity index (χ3n) is 5.92. The van der Waals surface area contributed by atoms with E-state index in [9.17, 15) is 24.6 Å². The van der Waals surface area contributed by atoms with Crippen LogP contribution in [0.25, 0.3) is 0 Å². The van der Waals surface area contributed by atoms with Crippen molar-refractivity contribution in [1.29, 1.82) is 0 Å². The second kappa shape index (κ2) is 9.37. The number of aryl methyl sites for hydroxylation is 1. The number of nitrogens with zero attached hydrogens (tertiary/aromatic N) is 1. The van der Waals surface area contributed by atoms with Crippen molar-refractivity contribution >= 4 is 17.8 Å². The van der Waals surface area contributed by atoms with Gasteiger partial charge in [0, 0.05) is 19.1 Å². The monoisotopic (exact) mass is 404 g/mol. The summed E-state index contributed by atoms with van der Waals surface area (Å²) in [5.41, 5.74) is 1.02. The molecule has 8 heteroatoms. The van der Waals surface area contributed by atoms with Gasteiger partial charge in [-0.25, -0.2) is 4.79 Å². The van der Waals surface area contributed by atoms with E-state index in [4.69, 9.17) is 4.74 Å². The van der Waals surface area contributed by atoms with Gasteiger partial charge in [-0.2, -0.15) is 0 Å². The van der Waals surface area contributed by atoms with Crippen LogP contribution < -0.4 is 5.32 Å². The summed E-state index contributed by atoms with van der Waals surface area (Å²) in [4.78, 5) is 37.8. The number of rotatable bonds is 8. The molecule has 2 heterocycles. The van der Waals surface area contributed by atoms with Gasteiger partial charge in [0.05, 0.1) is 12.6 Å². The summed E-state index contributed by atoms with van der Waals surface area (Å²) in [6, 6.07) is 6.95. The van der Waals surface area contributed by atoms with Crippen molar-refractivity contribution in [2.24, 2.45) is 11.8 Å². The first-order valence-corrected chi connectivity index (χ1v) is 10.0. The molecule has 1 amide bonds. The normalized spacial score (nSPS) is 25.8. The van der Waals surface area contributed by atoms with E-state index >= 15 is 0 Å². The zero-order valence-electron chi connectivity index (χ0n) is 16.5. The molecule has 0 aliphatic carbocycles. The lowest BCUT2D eigenvalue weighted by molar-refractivity contribution is -0.155. The van der Waals surface area contributed by atoms with E-state index in [-0.39, 0.29) is 17.7 Å². The van der Waals surface area contributed by atoms with Crippen LogP contribution in [0.1, 0.15) is 25.3 Å². The Labute approximate surface area is 169 Å². The zero-order valence-corrected chi connectivity index (χ0v) is 16.5. The van der Waals surface area contributed by atoms with Crippen molar-refractivity contribution in [3.63, 3.8) is 0 Å². The van der Waals surface area contributed by atoms with Crippen LogP contribution in [-0.2, 0) is 25.5 Å². The fraction of sp³-hybridized carbons (Fsp3) is 0.571. The van der Waals surface area contributed by atoms with Crippen molar-refractivity contribution in [1.82, 2.24) is 10.2 Å². The van der Waals surface area contributed by atoms with Crippen LogP contribution >= 0.6 is 0 Å². The molecule has 5 atom stereocenters. The van der Waals surface area contributed by atoms with Crippen LogP contribution in [0.4, 0.5) is 0 Å². The minimum atomic E-state index is -1.03. The highest BCUT2D eigenvalue weighted by atomic mass is 16.5. The summed E-state index contributed by atoms with van der Waals surface area (Å²) in [6.45, 7) is 2.98. The van der Waals surface area contributed by atoms with Gasteiger partial charge < -0.3 is 19.8 Å². The second-order valence-electron chi connectivity index (χ2n) is 7.94. The Balaban J connectivity index is 1.63. The lowest BCUT2D eigenvalue weighted by Crippen LogP contribution is -2.59. The quantitative estimate of drug-likeness (QED) is 0.592. The number of amides is 1. The summed E-state index contributed by atoms with van der Waals surface area (Å²) in [6.07, 6.45) is 1.26. The first kappa shape index (κ1) is 21.3. The number of piperidine rings is 1. The molecule has 4 unspecified atom stereocenters. The topological polar surface area (TPSA) is 116 Å². The van der Waals surface area contributed by atoms with Crippen molar-refractivity contribution in [2.75, 3.05) is 19.8 Å². The summed E-state index contributed by atoms with van der Waals surface area (Å²) >= 11 is 0. The molecule has 8 nitrogen and oxygen atoms in total. The van der Waals surface area contributed by atoms with Gasteiger partial charge in [-0.15, -0.1) is 0 Å². The molecule has 2 aliphatic rings. The predicted octanol–water partition coefficient (Wildman–Crippen LogP) is 0.999. The highest BCUT2D eigenvalue weighted by Crippen LogP contribution is 2.33. The minimum Gasteiger partial charge on any atom is -0.480 e. The number of carboxylic acid groups (broad SMARTS) is 2. The smallest absolute Gasteiger partial charge is 0.326 e. The Morgan fingerprint density at radius 2 is 1.86 bits per heavy atom. The molecule has 29 heavy (non-hydrogen) atoms. The summed E-state index contributed by atoms with van der Waals surface area (Å²) in [7, 11) is 0. The molecule has 1 aromatic carbocycles. The predicted molar refractivity (Wildman–Crippen MR) is 104 cm³/mol. The lowest BCUT2D eigenvalue weighted by atomic mass is 9.84. The van der Waals surface area contributed by atoms with E-state index in [0.717, 1.165) is 5.56 Å². The van der Waals surface area contributed by atoms with E-state index in [1.165, 1.54) is 4.90 Å². The van der Waals surface area contributed by atoms with Gasteiger partial charge >= 0.3 is 11.9 Å². The summed E-state index contributed by atoms with van der Waals surface area (Å²) in [5, 5.41) is 22.0. The Bertz CT molecular complexity index is 740. The number of fused-ring (bicyclic) bond motifs is 1. The van der Waals surface area contributed by atoms with Crippen molar-refractivity contribution in [3.05, 3.63) is 35.9 Å². The highest BCUT2D eigenvalue weighted by Gasteiger charge is 2.44. The molecule has 3 rings (SSSR count). The number of hydrogen-bond donors (Lipinski definition) is 3. The number of carbonyl (C=O) groups is 3. The number of nitrogens with one attached hydrogen (secondary N) is 1. The van der Waals surface area contributed by atoms with Gasteiger partial charge in [0.2, 0.25) is 5.91 Å². The van der Waals surface area contributed by atoms with Crippen molar-refractivity contribution in [2.45, 2.75) is 44.3 Å². The fourth-order valence-electron chi connectivity index (χ4n) is 4.23. The zero-order chi connectivity index (χ0) is 21.0. The number of benzene rings is 1. The van der Waals surface area contributed by atoms with Gasteiger partial charge in [0.1, 0.15) is 12.1 Å². The Hall–Kier alpha value is -2.45.